The average Bonchev–Trinajstić information content (AvgIpc) is 3.10. The lowest BCUT2D eigenvalue weighted by molar-refractivity contribution is 0.277. The van der Waals surface area contributed by atoms with Crippen molar-refractivity contribution in [3.8, 4) is 5.75 Å². The van der Waals surface area contributed by atoms with Crippen molar-refractivity contribution in [1.82, 2.24) is 9.88 Å². The second-order valence-corrected chi connectivity index (χ2v) is 7.25. The first kappa shape index (κ1) is 16.4. The zero-order valence-corrected chi connectivity index (χ0v) is 15.2. The van der Waals surface area contributed by atoms with Crippen molar-refractivity contribution in [2.24, 2.45) is 0 Å². The molecule has 1 radical (unpaired) electrons. The highest BCUT2D eigenvalue weighted by Crippen LogP contribution is 2.28. The number of rotatable bonds is 5. The number of anilines is 1. The first-order valence-corrected chi connectivity index (χ1v) is 9.44. The summed E-state index contributed by atoms with van der Waals surface area (Å²) in [6.07, 6.45) is 2.25. The van der Waals surface area contributed by atoms with Gasteiger partial charge in [0.2, 0.25) is 0 Å². The quantitative estimate of drug-likeness (QED) is 0.700. The molecule has 0 atom stereocenters. The molecule has 0 bridgehead atoms. The summed E-state index contributed by atoms with van der Waals surface area (Å²) in [5.41, 5.74) is 2.29. The summed E-state index contributed by atoms with van der Waals surface area (Å²) in [6.45, 7) is 5.11. The lowest BCUT2D eigenvalue weighted by Gasteiger charge is -2.36. The highest BCUT2D eigenvalue weighted by molar-refractivity contribution is 7.18. The number of methoxy groups -OCH3 is 1. The van der Waals surface area contributed by atoms with Gasteiger partial charge in [-0.15, -0.1) is 11.3 Å². The largest absolute Gasteiger partial charge is 0.495 e. The van der Waals surface area contributed by atoms with E-state index in [4.69, 9.17) is 9.72 Å². The monoisotopic (exact) mass is 352 g/mol. The van der Waals surface area contributed by atoms with Crippen LogP contribution < -0.4 is 9.64 Å². The molecule has 1 saturated heterocycles. The maximum atomic E-state index is 5.49. The van der Waals surface area contributed by atoms with E-state index in [0.29, 0.717) is 0 Å². The van der Waals surface area contributed by atoms with Gasteiger partial charge in [0.25, 0.3) is 0 Å². The molecule has 4 rings (SSSR count). The standard InChI is InChI=1S/C20H22N3OS/c1-24-18-8-4-3-7-17(18)23-14-12-22(13-15-23)11-10-20-21-16-6-2-5-9-19(16)25-20/h2-10H,11-15H2,1H3. The van der Waals surface area contributed by atoms with Crippen molar-refractivity contribution in [2.75, 3.05) is 44.7 Å². The van der Waals surface area contributed by atoms with E-state index < -0.39 is 0 Å². The van der Waals surface area contributed by atoms with E-state index in [0.717, 1.165) is 49.0 Å². The maximum Gasteiger partial charge on any atom is 0.142 e. The van der Waals surface area contributed by atoms with Crippen LogP contribution in [0.4, 0.5) is 5.69 Å². The SMILES string of the molecule is COc1ccccc1N1CCN(C[CH]c2nc3ccccc3s2)CC1. The number of nitrogens with zero attached hydrogens (tertiary/aromatic N) is 3. The second-order valence-electron chi connectivity index (χ2n) is 6.18. The third-order valence-electron chi connectivity index (χ3n) is 4.63. The zero-order valence-electron chi connectivity index (χ0n) is 14.4. The predicted octanol–water partition coefficient (Wildman–Crippen LogP) is 3.68. The molecule has 2 heterocycles. The molecule has 3 aromatic rings. The first-order valence-electron chi connectivity index (χ1n) is 8.62. The Balaban J connectivity index is 1.33. The molecule has 0 saturated carbocycles. The number of ether oxygens (including phenoxy) is 1. The average molecular weight is 352 g/mol. The molecule has 2 aromatic carbocycles. The van der Waals surface area contributed by atoms with Gasteiger partial charge in [-0.3, -0.25) is 4.90 Å². The van der Waals surface area contributed by atoms with Gasteiger partial charge >= 0.3 is 0 Å². The third-order valence-corrected chi connectivity index (χ3v) is 5.66. The van der Waals surface area contributed by atoms with E-state index in [-0.39, 0.29) is 0 Å². The fraction of sp³-hybridized carbons (Fsp3) is 0.300. The normalized spacial score (nSPS) is 15.6. The van der Waals surface area contributed by atoms with Gasteiger partial charge in [0.05, 0.1) is 28.0 Å². The Hall–Kier alpha value is -2.11. The fourth-order valence-corrected chi connectivity index (χ4v) is 4.14. The second kappa shape index (κ2) is 7.42. The number of para-hydroxylation sites is 3. The van der Waals surface area contributed by atoms with Crippen LogP contribution in [0.1, 0.15) is 5.01 Å². The van der Waals surface area contributed by atoms with Gasteiger partial charge in [-0.2, -0.15) is 0 Å². The molecular weight excluding hydrogens is 330 g/mol. The van der Waals surface area contributed by atoms with Crippen LogP contribution in [-0.4, -0.2) is 49.7 Å². The summed E-state index contributed by atoms with van der Waals surface area (Å²) in [6, 6.07) is 16.6. The minimum Gasteiger partial charge on any atom is -0.495 e. The number of aromatic nitrogens is 1. The van der Waals surface area contributed by atoms with E-state index in [9.17, 15) is 0 Å². The molecule has 25 heavy (non-hydrogen) atoms. The van der Waals surface area contributed by atoms with Crippen LogP contribution in [0.15, 0.2) is 48.5 Å². The van der Waals surface area contributed by atoms with E-state index in [1.54, 1.807) is 18.4 Å². The van der Waals surface area contributed by atoms with Crippen molar-refractivity contribution < 1.29 is 4.74 Å². The van der Waals surface area contributed by atoms with Crippen LogP contribution in [0.25, 0.3) is 10.2 Å². The van der Waals surface area contributed by atoms with E-state index >= 15 is 0 Å². The Labute approximate surface area is 152 Å². The third kappa shape index (κ3) is 3.62. The highest BCUT2D eigenvalue weighted by atomic mass is 32.1. The van der Waals surface area contributed by atoms with Crippen LogP contribution in [0, 0.1) is 6.42 Å². The van der Waals surface area contributed by atoms with Crippen molar-refractivity contribution in [3.63, 3.8) is 0 Å². The van der Waals surface area contributed by atoms with Crippen molar-refractivity contribution in [1.29, 1.82) is 0 Å². The number of hydrogen-bond acceptors (Lipinski definition) is 5. The fourth-order valence-electron chi connectivity index (χ4n) is 3.25. The van der Waals surface area contributed by atoms with E-state index in [2.05, 4.69) is 46.6 Å². The van der Waals surface area contributed by atoms with Gasteiger partial charge in [0.15, 0.2) is 0 Å². The number of piperazine rings is 1. The van der Waals surface area contributed by atoms with Gasteiger partial charge in [-0.1, -0.05) is 24.3 Å². The van der Waals surface area contributed by atoms with Crippen LogP contribution in [0.3, 0.4) is 0 Å². The summed E-state index contributed by atoms with van der Waals surface area (Å²) in [4.78, 5) is 9.59. The molecule has 1 aliphatic heterocycles. The van der Waals surface area contributed by atoms with Gasteiger partial charge in [0.1, 0.15) is 5.75 Å². The van der Waals surface area contributed by atoms with Crippen molar-refractivity contribution in [2.45, 2.75) is 0 Å². The summed E-state index contributed by atoms with van der Waals surface area (Å²) in [5, 5.41) is 1.12. The van der Waals surface area contributed by atoms with Gasteiger partial charge in [-0.25, -0.2) is 4.98 Å². The summed E-state index contributed by atoms with van der Waals surface area (Å²) < 4.78 is 6.75. The number of thiazole rings is 1. The highest BCUT2D eigenvalue weighted by Gasteiger charge is 2.19. The van der Waals surface area contributed by atoms with Crippen molar-refractivity contribution >= 4 is 27.2 Å². The molecule has 0 N–H and O–H groups in total. The summed E-state index contributed by atoms with van der Waals surface area (Å²) >= 11 is 1.77. The molecule has 0 aliphatic carbocycles. The van der Waals surface area contributed by atoms with Crippen LogP contribution in [-0.2, 0) is 0 Å². The Morgan fingerprint density at radius 1 is 1.04 bits per heavy atom. The summed E-state index contributed by atoms with van der Waals surface area (Å²) in [5.74, 6) is 0.956. The molecule has 1 fully saturated rings. The molecule has 4 nitrogen and oxygen atoms in total. The smallest absolute Gasteiger partial charge is 0.142 e. The van der Waals surface area contributed by atoms with Gasteiger partial charge < -0.3 is 9.64 Å². The molecule has 0 unspecified atom stereocenters. The topological polar surface area (TPSA) is 28.6 Å². The molecule has 1 aromatic heterocycles. The molecule has 129 valence electrons. The van der Waals surface area contributed by atoms with Gasteiger partial charge in [0, 0.05) is 39.1 Å². The zero-order chi connectivity index (χ0) is 17.1. The summed E-state index contributed by atoms with van der Waals surface area (Å²) in [7, 11) is 1.74. The molecule has 5 heteroatoms. The first-order chi connectivity index (χ1) is 12.3. The van der Waals surface area contributed by atoms with E-state index in [1.807, 2.05) is 18.2 Å². The van der Waals surface area contributed by atoms with E-state index in [1.165, 1.54) is 10.4 Å². The molecule has 1 aliphatic rings. The lowest BCUT2D eigenvalue weighted by atomic mass is 10.2. The number of benzene rings is 2. The number of fused-ring (bicyclic) bond motifs is 1. The Kier molecular flexibility index (Phi) is 4.85. The number of hydrogen-bond donors (Lipinski definition) is 0. The predicted molar refractivity (Wildman–Crippen MR) is 105 cm³/mol. The minimum atomic E-state index is 0.956. The molecule has 0 spiro atoms. The van der Waals surface area contributed by atoms with Gasteiger partial charge in [-0.05, 0) is 24.3 Å². The molecule has 0 amide bonds. The maximum absolute atomic E-state index is 5.49. The Bertz CT molecular complexity index is 807. The lowest BCUT2D eigenvalue weighted by Crippen LogP contribution is -2.46. The van der Waals surface area contributed by atoms with Crippen LogP contribution in [0.5, 0.6) is 5.75 Å². The van der Waals surface area contributed by atoms with Crippen molar-refractivity contribution in [3.05, 3.63) is 60.0 Å². The minimum absolute atomic E-state index is 0.956. The Morgan fingerprint density at radius 2 is 1.80 bits per heavy atom. The Morgan fingerprint density at radius 3 is 2.60 bits per heavy atom. The molecular formula is C20H22N3OS. The van der Waals surface area contributed by atoms with Crippen LogP contribution >= 0.6 is 11.3 Å². The van der Waals surface area contributed by atoms with Crippen LogP contribution in [0.2, 0.25) is 0 Å².